The van der Waals surface area contributed by atoms with E-state index in [1.54, 1.807) is 14.0 Å². The van der Waals surface area contributed by atoms with Gasteiger partial charge in [0, 0.05) is 11.4 Å². The van der Waals surface area contributed by atoms with E-state index in [1.807, 2.05) is 50.1 Å². The zero-order valence-electron chi connectivity index (χ0n) is 16.4. The first kappa shape index (κ1) is 20.9. The zero-order chi connectivity index (χ0) is 20.0. The molecule has 2 aromatic rings. The van der Waals surface area contributed by atoms with Gasteiger partial charge < -0.3 is 14.8 Å². The van der Waals surface area contributed by atoms with Crippen LogP contribution < -0.4 is 10.1 Å². The smallest absolute Gasteiger partial charge is 0.341 e. The molecule has 0 fully saturated rings. The number of anilines is 1. The Morgan fingerprint density at radius 2 is 2.00 bits per heavy atom. The summed E-state index contributed by atoms with van der Waals surface area (Å²) < 4.78 is 10.3. The quantitative estimate of drug-likeness (QED) is 0.697. The van der Waals surface area contributed by atoms with Crippen LogP contribution in [0.3, 0.4) is 0 Å². The molecule has 6 nitrogen and oxygen atoms in total. The molecular formula is C20H26N2O4S. The number of benzene rings is 1. The lowest BCUT2D eigenvalue weighted by Gasteiger charge is -2.17. The Hall–Kier alpha value is -2.38. The van der Waals surface area contributed by atoms with Gasteiger partial charge in [-0.25, -0.2) is 4.79 Å². The van der Waals surface area contributed by atoms with Gasteiger partial charge in [-0.05, 0) is 51.1 Å². The molecule has 1 aromatic carbocycles. The van der Waals surface area contributed by atoms with Gasteiger partial charge in [-0.1, -0.05) is 12.1 Å². The molecule has 0 bridgehead atoms. The van der Waals surface area contributed by atoms with Gasteiger partial charge in [0.15, 0.2) is 0 Å². The number of amides is 1. The molecule has 7 heteroatoms. The number of rotatable bonds is 8. The lowest BCUT2D eigenvalue weighted by atomic mass is 10.1. The van der Waals surface area contributed by atoms with Gasteiger partial charge in [-0.15, -0.1) is 11.3 Å². The number of carbonyl (C=O) groups excluding carboxylic acids is 2. The summed E-state index contributed by atoms with van der Waals surface area (Å²) in [6.07, 6.45) is 0. The molecule has 2 rings (SSSR count). The molecule has 0 aliphatic heterocycles. The molecule has 1 amide bonds. The van der Waals surface area contributed by atoms with Crippen LogP contribution in [-0.2, 0) is 16.1 Å². The number of nitrogens with one attached hydrogen (secondary N) is 1. The van der Waals surface area contributed by atoms with Crippen LogP contribution >= 0.6 is 11.3 Å². The third kappa shape index (κ3) is 5.55. The topological polar surface area (TPSA) is 67.9 Å². The maximum absolute atomic E-state index is 12.5. The molecule has 1 heterocycles. The van der Waals surface area contributed by atoms with Crippen LogP contribution in [-0.4, -0.2) is 44.1 Å². The number of aryl methyl sites for hydroxylation is 1. The van der Waals surface area contributed by atoms with Crippen molar-refractivity contribution in [1.82, 2.24) is 4.90 Å². The second-order valence-corrected chi connectivity index (χ2v) is 7.50. The van der Waals surface area contributed by atoms with Gasteiger partial charge in [-0.3, -0.25) is 9.69 Å². The molecule has 0 saturated carbocycles. The van der Waals surface area contributed by atoms with Gasteiger partial charge in [0.2, 0.25) is 5.91 Å². The number of thiophene rings is 1. The van der Waals surface area contributed by atoms with Gasteiger partial charge in [0.25, 0.3) is 0 Å². The lowest BCUT2D eigenvalue weighted by molar-refractivity contribution is -0.117. The predicted octanol–water partition coefficient (Wildman–Crippen LogP) is 3.62. The van der Waals surface area contributed by atoms with Crippen LogP contribution in [0.4, 0.5) is 5.00 Å². The molecule has 0 aliphatic rings. The highest BCUT2D eigenvalue weighted by Crippen LogP contribution is 2.33. The fourth-order valence-corrected chi connectivity index (χ4v) is 3.78. The number of carbonyl (C=O) groups is 2. The van der Waals surface area contributed by atoms with Gasteiger partial charge in [-0.2, -0.15) is 0 Å². The van der Waals surface area contributed by atoms with Crippen molar-refractivity contribution in [3.63, 3.8) is 0 Å². The summed E-state index contributed by atoms with van der Waals surface area (Å²) in [5, 5.41) is 3.41. The van der Waals surface area contributed by atoms with Gasteiger partial charge in [0.1, 0.15) is 10.8 Å². The SMILES string of the molecule is CCOC(=O)c1c(NC(=O)CN(C)Cc2cccc(OC)c2)sc(C)c1C. The number of nitrogens with zero attached hydrogens (tertiary/aromatic N) is 1. The van der Waals surface area contributed by atoms with E-state index in [9.17, 15) is 9.59 Å². The van der Waals surface area contributed by atoms with E-state index in [0.29, 0.717) is 23.7 Å². The number of hydrogen-bond acceptors (Lipinski definition) is 6. The Labute approximate surface area is 164 Å². The van der Waals surface area contributed by atoms with E-state index in [-0.39, 0.29) is 12.5 Å². The Morgan fingerprint density at radius 1 is 1.26 bits per heavy atom. The minimum absolute atomic E-state index is 0.174. The van der Waals surface area contributed by atoms with Crippen LogP contribution in [0.5, 0.6) is 5.75 Å². The fraction of sp³-hybridized carbons (Fsp3) is 0.400. The number of ether oxygens (including phenoxy) is 2. The summed E-state index contributed by atoms with van der Waals surface area (Å²) in [4.78, 5) is 27.6. The summed E-state index contributed by atoms with van der Waals surface area (Å²) in [5.74, 6) is 0.209. The first-order valence-corrected chi connectivity index (χ1v) is 9.55. The van der Waals surface area contributed by atoms with Crippen LogP contribution in [0.15, 0.2) is 24.3 Å². The van der Waals surface area contributed by atoms with Crippen molar-refractivity contribution < 1.29 is 19.1 Å². The molecule has 0 atom stereocenters. The molecule has 0 radical (unpaired) electrons. The number of esters is 1. The van der Waals surface area contributed by atoms with E-state index in [0.717, 1.165) is 21.8 Å². The van der Waals surface area contributed by atoms with Crippen molar-refractivity contribution in [2.75, 3.05) is 32.6 Å². The Balaban J connectivity index is 2.02. The maximum Gasteiger partial charge on any atom is 0.341 e. The van der Waals surface area contributed by atoms with Crippen molar-refractivity contribution in [1.29, 1.82) is 0 Å². The third-order valence-electron chi connectivity index (χ3n) is 4.12. The van der Waals surface area contributed by atoms with Crippen LogP contribution in [0.2, 0.25) is 0 Å². The molecule has 27 heavy (non-hydrogen) atoms. The van der Waals surface area contributed by atoms with Crippen molar-refractivity contribution in [3.05, 3.63) is 45.8 Å². The summed E-state index contributed by atoms with van der Waals surface area (Å²) in [7, 11) is 3.50. The minimum Gasteiger partial charge on any atom is -0.497 e. The minimum atomic E-state index is -0.403. The van der Waals surface area contributed by atoms with E-state index < -0.39 is 5.97 Å². The van der Waals surface area contributed by atoms with Crippen molar-refractivity contribution >= 4 is 28.2 Å². The standard InChI is InChI=1S/C20H26N2O4S/c1-6-26-20(24)18-13(2)14(3)27-19(18)21-17(23)12-22(4)11-15-8-7-9-16(10-15)25-5/h7-10H,6,11-12H2,1-5H3,(H,21,23). The van der Waals surface area contributed by atoms with Crippen molar-refractivity contribution in [2.45, 2.75) is 27.3 Å². The van der Waals surface area contributed by atoms with Crippen molar-refractivity contribution in [2.24, 2.45) is 0 Å². The molecule has 0 aliphatic carbocycles. The molecule has 0 saturated heterocycles. The van der Waals surface area contributed by atoms with E-state index in [1.165, 1.54) is 11.3 Å². The van der Waals surface area contributed by atoms with Crippen LogP contribution in [0.25, 0.3) is 0 Å². The molecule has 1 N–H and O–H groups in total. The summed E-state index contributed by atoms with van der Waals surface area (Å²) in [6.45, 7) is 6.66. The first-order chi connectivity index (χ1) is 12.8. The Bertz CT molecular complexity index is 816. The fourth-order valence-electron chi connectivity index (χ4n) is 2.71. The van der Waals surface area contributed by atoms with E-state index in [2.05, 4.69) is 5.32 Å². The second kappa shape index (κ2) is 9.53. The van der Waals surface area contributed by atoms with E-state index in [4.69, 9.17) is 9.47 Å². The molecule has 1 aromatic heterocycles. The Morgan fingerprint density at radius 3 is 2.67 bits per heavy atom. The number of hydrogen-bond donors (Lipinski definition) is 1. The van der Waals surface area contributed by atoms with Gasteiger partial charge in [0.05, 0.1) is 25.8 Å². The number of methoxy groups -OCH3 is 1. The Kier molecular flexibility index (Phi) is 7.38. The highest BCUT2D eigenvalue weighted by atomic mass is 32.1. The predicted molar refractivity (Wildman–Crippen MR) is 108 cm³/mol. The largest absolute Gasteiger partial charge is 0.497 e. The second-order valence-electron chi connectivity index (χ2n) is 6.28. The van der Waals surface area contributed by atoms with Crippen LogP contribution in [0.1, 0.15) is 33.3 Å². The van der Waals surface area contributed by atoms with E-state index >= 15 is 0 Å². The summed E-state index contributed by atoms with van der Waals surface area (Å²) >= 11 is 1.39. The maximum atomic E-state index is 12.5. The third-order valence-corrected chi connectivity index (χ3v) is 5.24. The highest BCUT2D eigenvalue weighted by Gasteiger charge is 2.22. The van der Waals surface area contributed by atoms with Crippen molar-refractivity contribution in [3.8, 4) is 5.75 Å². The first-order valence-electron chi connectivity index (χ1n) is 8.74. The molecular weight excluding hydrogens is 364 g/mol. The molecule has 0 spiro atoms. The monoisotopic (exact) mass is 390 g/mol. The molecule has 0 unspecified atom stereocenters. The van der Waals surface area contributed by atoms with Crippen LogP contribution in [0, 0.1) is 13.8 Å². The highest BCUT2D eigenvalue weighted by molar-refractivity contribution is 7.16. The number of likely N-dealkylation sites (N-methyl/N-ethyl adjacent to an activating group) is 1. The summed E-state index contributed by atoms with van der Waals surface area (Å²) in [6, 6.07) is 7.74. The van der Waals surface area contributed by atoms with Gasteiger partial charge >= 0.3 is 5.97 Å². The normalized spacial score (nSPS) is 10.7. The average Bonchev–Trinajstić information content (AvgIpc) is 2.88. The molecule has 146 valence electrons. The zero-order valence-corrected chi connectivity index (χ0v) is 17.2. The summed E-state index contributed by atoms with van der Waals surface area (Å²) in [5.41, 5.74) is 2.35. The average molecular weight is 391 g/mol. The lowest BCUT2D eigenvalue weighted by Crippen LogP contribution is -2.30.